The highest BCUT2D eigenvalue weighted by molar-refractivity contribution is 6.47. The Labute approximate surface area is 239 Å². The van der Waals surface area contributed by atoms with Crippen LogP contribution in [0, 0.1) is 5.41 Å². The Morgan fingerprint density at radius 2 is 1.67 bits per heavy atom. The molecule has 2 aromatic carbocycles. The molecule has 39 heavy (non-hydrogen) atoms. The molecule has 208 valence electrons. The van der Waals surface area contributed by atoms with Crippen LogP contribution in [0.15, 0.2) is 47.5 Å². The lowest BCUT2D eigenvalue weighted by atomic mass is 9.72. The van der Waals surface area contributed by atoms with Gasteiger partial charge in [0.2, 0.25) is 0 Å². The third-order valence-electron chi connectivity index (χ3n) is 7.79. The van der Waals surface area contributed by atoms with Crippen LogP contribution in [0.5, 0.6) is 0 Å². The van der Waals surface area contributed by atoms with Gasteiger partial charge >= 0.3 is 5.97 Å². The fraction of sp³-hybridized carbons (Fsp3) is 0.467. The van der Waals surface area contributed by atoms with Crippen molar-refractivity contribution in [2.24, 2.45) is 10.4 Å². The minimum absolute atomic E-state index is 0.0587. The summed E-state index contributed by atoms with van der Waals surface area (Å²) in [7, 11) is 0. The van der Waals surface area contributed by atoms with Crippen LogP contribution in [0.1, 0.15) is 93.2 Å². The molecule has 1 unspecified atom stereocenters. The van der Waals surface area contributed by atoms with Crippen molar-refractivity contribution in [1.82, 2.24) is 10.2 Å². The Balaban J connectivity index is 1.69. The molecule has 1 atom stereocenters. The summed E-state index contributed by atoms with van der Waals surface area (Å²) in [5.74, 6) is -1.44. The highest BCUT2D eigenvalue weighted by Gasteiger charge is 2.52. The minimum Gasteiger partial charge on any atom is -0.481 e. The lowest BCUT2D eigenvalue weighted by Crippen LogP contribution is -2.51. The van der Waals surface area contributed by atoms with Crippen molar-refractivity contribution >= 4 is 46.7 Å². The van der Waals surface area contributed by atoms with Crippen LogP contribution in [0.3, 0.4) is 0 Å². The Bertz CT molecular complexity index is 1260. The van der Waals surface area contributed by atoms with Gasteiger partial charge in [-0.15, -0.1) is 0 Å². The van der Waals surface area contributed by atoms with Crippen molar-refractivity contribution in [3.63, 3.8) is 0 Å². The molecule has 1 fully saturated rings. The average Bonchev–Trinajstić information content (AvgIpc) is 3.15. The number of benzene rings is 2. The zero-order chi connectivity index (χ0) is 28.4. The summed E-state index contributed by atoms with van der Waals surface area (Å²) in [5, 5.41) is 12.3. The standard InChI is InChI=1S/C30H35Cl2N3O4/c1-4-5-24(19-6-8-20(9-7-19)27(38)33-15-10-25(36)37)35-28(39)26(21-16-22(31)18-23(32)17-21)34-30(35)13-11-29(2,3)12-14-30/h6-9,16-18,24H,4-5,10-15H2,1-3H3,(H,33,38)(H,36,37). The predicted molar refractivity (Wildman–Crippen MR) is 154 cm³/mol. The fourth-order valence-electron chi connectivity index (χ4n) is 5.56. The van der Waals surface area contributed by atoms with E-state index in [9.17, 15) is 14.4 Å². The van der Waals surface area contributed by atoms with Gasteiger partial charge in [-0.1, -0.05) is 62.5 Å². The number of amides is 2. The molecule has 2 aromatic rings. The van der Waals surface area contributed by atoms with Gasteiger partial charge in [-0.05, 0) is 73.4 Å². The zero-order valence-corrected chi connectivity index (χ0v) is 24.1. The summed E-state index contributed by atoms with van der Waals surface area (Å²) in [6.07, 6.45) is 4.85. The molecule has 0 saturated heterocycles. The molecule has 0 bridgehead atoms. The minimum atomic E-state index is -0.968. The first-order valence-corrected chi connectivity index (χ1v) is 14.2. The third-order valence-corrected chi connectivity index (χ3v) is 8.22. The fourth-order valence-corrected chi connectivity index (χ4v) is 6.09. The highest BCUT2D eigenvalue weighted by Crippen LogP contribution is 2.50. The van der Waals surface area contributed by atoms with Crippen LogP contribution in [0.4, 0.5) is 0 Å². The second-order valence-corrected chi connectivity index (χ2v) is 12.1. The maximum absolute atomic E-state index is 14.2. The summed E-state index contributed by atoms with van der Waals surface area (Å²) in [4.78, 5) is 44.6. The Hall–Kier alpha value is -2.90. The van der Waals surface area contributed by atoms with Crippen LogP contribution in [0.2, 0.25) is 10.0 Å². The first-order chi connectivity index (χ1) is 18.4. The number of carbonyl (C=O) groups excluding carboxylic acids is 2. The number of rotatable bonds is 9. The van der Waals surface area contributed by atoms with Crippen LogP contribution in [-0.4, -0.2) is 45.7 Å². The van der Waals surface area contributed by atoms with Crippen LogP contribution in [-0.2, 0) is 9.59 Å². The Morgan fingerprint density at radius 3 is 2.23 bits per heavy atom. The number of hydrogen-bond acceptors (Lipinski definition) is 4. The van der Waals surface area contributed by atoms with Gasteiger partial charge in [-0.2, -0.15) is 0 Å². The Kier molecular flexibility index (Phi) is 8.72. The van der Waals surface area contributed by atoms with E-state index in [4.69, 9.17) is 33.3 Å². The summed E-state index contributed by atoms with van der Waals surface area (Å²) in [6.45, 7) is 6.66. The number of hydrogen-bond donors (Lipinski definition) is 2. The first kappa shape index (κ1) is 29.1. The van der Waals surface area contributed by atoms with Gasteiger partial charge in [-0.3, -0.25) is 19.4 Å². The number of carboxylic acid groups (broad SMARTS) is 1. The predicted octanol–water partition coefficient (Wildman–Crippen LogP) is 6.67. The number of aliphatic imine (C=N–C) groups is 1. The molecule has 2 N–H and O–H groups in total. The van der Waals surface area contributed by atoms with E-state index in [1.54, 1.807) is 30.3 Å². The molecule has 2 aliphatic rings. The monoisotopic (exact) mass is 571 g/mol. The number of carbonyl (C=O) groups is 3. The molecule has 0 aromatic heterocycles. The molecular formula is C30H35Cl2N3O4. The quantitative estimate of drug-likeness (QED) is 0.351. The van der Waals surface area contributed by atoms with Crippen molar-refractivity contribution in [3.8, 4) is 0 Å². The SMILES string of the molecule is CCCC(c1ccc(C(=O)NCCC(=O)O)cc1)N1C(=O)C(c2cc(Cl)cc(Cl)c2)=NC12CCC(C)(C)CC2. The number of aliphatic carboxylic acids is 1. The second-order valence-electron chi connectivity index (χ2n) is 11.3. The molecular weight excluding hydrogens is 537 g/mol. The molecule has 1 spiro atoms. The van der Waals surface area contributed by atoms with Gasteiger partial charge in [0.15, 0.2) is 0 Å². The summed E-state index contributed by atoms with van der Waals surface area (Å²) in [5.41, 5.74) is 1.88. The van der Waals surface area contributed by atoms with E-state index in [0.29, 0.717) is 26.9 Å². The maximum atomic E-state index is 14.2. The molecule has 1 heterocycles. The summed E-state index contributed by atoms with van der Waals surface area (Å²) < 4.78 is 0. The van der Waals surface area contributed by atoms with Gasteiger partial charge in [0.1, 0.15) is 11.4 Å². The topological polar surface area (TPSA) is 99.1 Å². The first-order valence-electron chi connectivity index (χ1n) is 13.4. The van der Waals surface area contributed by atoms with Crippen molar-refractivity contribution < 1.29 is 19.5 Å². The van der Waals surface area contributed by atoms with E-state index in [1.165, 1.54) is 0 Å². The molecule has 7 nitrogen and oxygen atoms in total. The lowest BCUT2D eigenvalue weighted by molar-refractivity contribution is -0.137. The van der Waals surface area contributed by atoms with Crippen LogP contribution >= 0.6 is 23.2 Å². The number of carboxylic acids is 1. The normalized spacial score (nSPS) is 18.6. The summed E-state index contributed by atoms with van der Waals surface area (Å²) >= 11 is 12.6. The second kappa shape index (κ2) is 11.7. The van der Waals surface area contributed by atoms with Gasteiger partial charge in [-0.25, -0.2) is 0 Å². The molecule has 9 heteroatoms. The summed E-state index contributed by atoms with van der Waals surface area (Å²) in [6, 6.07) is 12.1. The van der Waals surface area contributed by atoms with E-state index >= 15 is 0 Å². The van der Waals surface area contributed by atoms with Gasteiger partial charge < -0.3 is 15.3 Å². The van der Waals surface area contributed by atoms with E-state index in [2.05, 4.69) is 26.1 Å². The molecule has 1 aliphatic heterocycles. The van der Waals surface area contributed by atoms with Gasteiger partial charge in [0.05, 0.1) is 12.5 Å². The number of halogens is 2. The molecule has 1 aliphatic carbocycles. The molecule has 4 rings (SSSR count). The highest BCUT2D eigenvalue weighted by atomic mass is 35.5. The van der Waals surface area contributed by atoms with Crippen molar-refractivity contribution in [3.05, 3.63) is 69.2 Å². The van der Waals surface area contributed by atoms with Crippen molar-refractivity contribution in [1.29, 1.82) is 0 Å². The zero-order valence-electron chi connectivity index (χ0n) is 22.6. The Morgan fingerprint density at radius 1 is 1.05 bits per heavy atom. The molecule has 0 radical (unpaired) electrons. The lowest BCUT2D eigenvalue weighted by Gasteiger charge is -2.47. The maximum Gasteiger partial charge on any atom is 0.305 e. The van der Waals surface area contributed by atoms with E-state index in [1.807, 2.05) is 17.0 Å². The van der Waals surface area contributed by atoms with E-state index < -0.39 is 11.6 Å². The molecule has 2 amide bonds. The van der Waals surface area contributed by atoms with Crippen LogP contribution < -0.4 is 5.32 Å². The smallest absolute Gasteiger partial charge is 0.305 e. The van der Waals surface area contributed by atoms with Crippen molar-refractivity contribution in [2.45, 2.75) is 77.4 Å². The number of nitrogens with one attached hydrogen (secondary N) is 1. The molecule has 1 saturated carbocycles. The average molecular weight is 573 g/mol. The van der Waals surface area contributed by atoms with Crippen molar-refractivity contribution in [2.75, 3.05) is 6.54 Å². The van der Waals surface area contributed by atoms with Crippen LogP contribution in [0.25, 0.3) is 0 Å². The van der Waals surface area contributed by atoms with Gasteiger partial charge in [0, 0.05) is 27.7 Å². The van der Waals surface area contributed by atoms with Gasteiger partial charge in [0.25, 0.3) is 11.8 Å². The van der Waals surface area contributed by atoms with E-state index in [-0.39, 0.29) is 36.2 Å². The largest absolute Gasteiger partial charge is 0.481 e. The third kappa shape index (κ3) is 6.47. The van der Waals surface area contributed by atoms with E-state index in [0.717, 1.165) is 44.1 Å². The number of nitrogens with zero attached hydrogens (tertiary/aromatic N) is 2.